The number of nitrogens with zero attached hydrogens (tertiary/aromatic N) is 1. The second-order valence-electron chi connectivity index (χ2n) is 6.47. The summed E-state index contributed by atoms with van der Waals surface area (Å²) < 4.78 is 33.5. The summed E-state index contributed by atoms with van der Waals surface area (Å²) in [4.78, 5) is 0.136. The van der Waals surface area contributed by atoms with Crippen molar-refractivity contribution < 1.29 is 13.2 Å². The molecule has 3 aromatic rings. The summed E-state index contributed by atoms with van der Waals surface area (Å²) in [5.41, 5.74) is 4.10. The minimum absolute atomic E-state index is 0.136. The molecule has 1 heterocycles. The number of para-hydroxylation sites is 1. The van der Waals surface area contributed by atoms with Crippen LogP contribution in [0.4, 0.5) is 22.7 Å². The Bertz CT molecular complexity index is 1220. The summed E-state index contributed by atoms with van der Waals surface area (Å²) in [7, 11) is -2.26. The van der Waals surface area contributed by atoms with Gasteiger partial charge in [0, 0.05) is 12.2 Å². The zero-order chi connectivity index (χ0) is 20.4. The maximum absolute atomic E-state index is 12.9. The van der Waals surface area contributed by atoms with Crippen LogP contribution in [-0.4, -0.2) is 15.5 Å². The Kier molecular flexibility index (Phi) is 4.74. The van der Waals surface area contributed by atoms with Gasteiger partial charge in [0.1, 0.15) is 5.75 Å². The number of sulfonamides is 1. The molecule has 0 atom stereocenters. The molecular weight excluding hydrogens is 388 g/mol. The molecule has 1 aliphatic heterocycles. The van der Waals surface area contributed by atoms with Crippen molar-refractivity contribution in [1.29, 1.82) is 5.26 Å². The summed E-state index contributed by atoms with van der Waals surface area (Å²) in [5.74, 6) is 0.580. The molecule has 0 radical (unpaired) electrons. The molecule has 4 rings (SSSR count). The quantitative estimate of drug-likeness (QED) is 0.604. The van der Waals surface area contributed by atoms with Gasteiger partial charge in [-0.15, -0.1) is 0 Å². The maximum Gasteiger partial charge on any atom is 0.261 e. The molecule has 0 amide bonds. The van der Waals surface area contributed by atoms with Crippen LogP contribution < -0.4 is 20.1 Å². The molecule has 7 nitrogen and oxygen atoms in total. The molecule has 0 unspecified atom stereocenters. The summed E-state index contributed by atoms with van der Waals surface area (Å²) in [6.45, 7) is 0.513. The molecule has 29 heavy (non-hydrogen) atoms. The van der Waals surface area contributed by atoms with E-state index in [2.05, 4.69) is 21.4 Å². The number of rotatable bonds is 4. The topological polar surface area (TPSA) is 103 Å². The van der Waals surface area contributed by atoms with E-state index in [-0.39, 0.29) is 4.90 Å². The van der Waals surface area contributed by atoms with E-state index in [0.717, 1.165) is 16.9 Å². The zero-order valence-corrected chi connectivity index (χ0v) is 16.4. The summed E-state index contributed by atoms with van der Waals surface area (Å²) >= 11 is 0. The highest BCUT2D eigenvalue weighted by Crippen LogP contribution is 2.38. The Balaban J connectivity index is 1.69. The molecule has 0 bridgehead atoms. The first-order chi connectivity index (χ1) is 14.0. The smallest absolute Gasteiger partial charge is 0.261 e. The molecule has 0 saturated carbocycles. The average molecular weight is 406 g/mol. The van der Waals surface area contributed by atoms with Crippen molar-refractivity contribution in [3.63, 3.8) is 0 Å². The van der Waals surface area contributed by atoms with Crippen LogP contribution >= 0.6 is 0 Å². The van der Waals surface area contributed by atoms with Gasteiger partial charge in [-0.3, -0.25) is 4.72 Å². The molecule has 8 heteroatoms. The maximum atomic E-state index is 12.9. The van der Waals surface area contributed by atoms with Crippen molar-refractivity contribution in [1.82, 2.24) is 0 Å². The van der Waals surface area contributed by atoms with Crippen molar-refractivity contribution >= 4 is 32.8 Å². The number of hydrogen-bond donors (Lipinski definition) is 3. The first-order valence-electron chi connectivity index (χ1n) is 8.84. The van der Waals surface area contributed by atoms with Gasteiger partial charge >= 0.3 is 0 Å². The van der Waals surface area contributed by atoms with Crippen molar-refractivity contribution in [2.75, 3.05) is 22.5 Å². The van der Waals surface area contributed by atoms with Gasteiger partial charge in [-0.2, -0.15) is 5.26 Å². The predicted molar refractivity (Wildman–Crippen MR) is 112 cm³/mol. The largest absolute Gasteiger partial charge is 0.497 e. The molecule has 0 aromatic heterocycles. The lowest BCUT2D eigenvalue weighted by atomic mass is 10.1. The molecule has 0 spiro atoms. The highest BCUT2D eigenvalue weighted by Gasteiger charge is 2.20. The highest BCUT2D eigenvalue weighted by molar-refractivity contribution is 7.92. The summed E-state index contributed by atoms with van der Waals surface area (Å²) in [5, 5.41) is 15.7. The Labute approximate surface area is 169 Å². The first kappa shape index (κ1) is 18.7. The third-order valence-corrected chi connectivity index (χ3v) is 6.02. The lowest BCUT2D eigenvalue weighted by Crippen LogP contribution is -2.14. The molecule has 3 N–H and O–H groups in total. The van der Waals surface area contributed by atoms with Gasteiger partial charge in [0.2, 0.25) is 0 Å². The van der Waals surface area contributed by atoms with Crippen LogP contribution in [0.2, 0.25) is 0 Å². The van der Waals surface area contributed by atoms with E-state index in [4.69, 9.17) is 10.00 Å². The number of anilines is 4. The predicted octanol–water partition coefficient (Wildman–Crippen LogP) is 4.04. The third-order valence-electron chi connectivity index (χ3n) is 4.64. The van der Waals surface area contributed by atoms with Crippen molar-refractivity contribution in [3.05, 3.63) is 71.8 Å². The molecule has 0 aliphatic carbocycles. The van der Waals surface area contributed by atoms with Crippen LogP contribution in [0.3, 0.4) is 0 Å². The van der Waals surface area contributed by atoms with E-state index in [0.29, 0.717) is 29.2 Å². The number of nitriles is 1. The van der Waals surface area contributed by atoms with Gasteiger partial charge in [-0.25, -0.2) is 8.42 Å². The van der Waals surface area contributed by atoms with Gasteiger partial charge in [-0.05, 0) is 60.2 Å². The Morgan fingerprint density at radius 2 is 1.86 bits per heavy atom. The van der Waals surface area contributed by atoms with Gasteiger partial charge in [0.25, 0.3) is 10.0 Å². The Hall–Kier alpha value is -3.70. The van der Waals surface area contributed by atoms with Crippen LogP contribution in [0, 0.1) is 11.3 Å². The van der Waals surface area contributed by atoms with E-state index in [9.17, 15) is 8.42 Å². The highest BCUT2D eigenvalue weighted by atomic mass is 32.2. The number of hydrogen-bond acceptors (Lipinski definition) is 6. The fourth-order valence-electron chi connectivity index (χ4n) is 3.13. The van der Waals surface area contributed by atoms with Crippen LogP contribution in [0.25, 0.3) is 0 Å². The minimum Gasteiger partial charge on any atom is -0.497 e. The van der Waals surface area contributed by atoms with Gasteiger partial charge in [0.05, 0.1) is 40.7 Å². The second-order valence-corrected chi connectivity index (χ2v) is 8.15. The van der Waals surface area contributed by atoms with E-state index in [1.54, 1.807) is 30.3 Å². The normalized spacial score (nSPS) is 12.3. The number of fused-ring (bicyclic) bond motifs is 2. The lowest BCUT2D eigenvalue weighted by molar-refractivity contribution is 0.414. The number of nitrogens with one attached hydrogen (secondary N) is 3. The molecule has 1 aliphatic rings. The van der Waals surface area contributed by atoms with Crippen LogP contribution in [-0.2, 0) is 16.6 Å². The fourth-order valence-corrected chi connectivity index (χ4v) is 4.21. The molecule has 3 aromatic carbocycles. The van der Waals surface area contributed by atoms with Gasteiger partial charge in [0.15, 0.2) is 0 Å². The van der Waals surface area contributed by atoms with Crippen molar-refractivity contribution in [2.45, 2.75) is 11.4 Å². The number of ether oxygens (including phenoxy) is 1. The van der Waals surface area contributed by atoms with E-state index >= 15 is 0 Å². The Morgan fingerprint density at radius 1 is 1.07 bits per heavy atom. The van der Waals surface area contributed by atoms with E-state index in [1.165, 1.54) is 19.2 Å². The van der Waals surface area contributed by atoms with Crippen LogP contribution in [0.15, 0.2) is 65.6 Å². The third kappa shape index (κ3) is 3.68. The van der Waals surface area contributed by atoms with E-state index < -0.39 is 10.0 Å². The fraction of sp³-hybridized carbons (Fsp3) is 0.0952. The first-order valence-corrected chi connectivity index (χ1v) is 10.3. The summed E-state index contributed by atoms with van der Waals surface area (Å²) in [6, 6.07) is 19.0. The van der Waals surface area contributed by atoms with Crippen LogP contribution in [0.5, 0.6) is 5.75 Å². The molecular formula is C21H18N4O3S. The van der Waals surface area contributed by atoms with Gasteiger partial charge in [-0.1, -0.05) is 6.07 Å². The van der Waals surface area contributed by atoms with Crippen LogP contribution in [0.1, 0.15) is 11.1 Å². The molecule has 0 saturated heterocycles. The molecule has 146 valence electrons. The van der Waals surface area contributed by atoms with Gasteiger partial charge < -0.3 is 15.4 Å². The average Bonchev–Trinajstić information content (AvgIpc) is 2.93. The minimum atomic E-state index is -3.79. The van der Waals surface area contributed by atoms with Crippen molar-refractivity contribution in [2.24, 2.45) is 0 Å². The number of benzene rings is 3. The van der Waals surface area contributed by atoms with Crippen molar-refractivity contribution in [3.8, 4) is 11.8 Å². The lowest BCUT2D eigenvalue weighted by Gasteiger charge is -2.16. The zero-order valence-electron chi connectivity index (χ0n) is 15.6. The SMILES string of the molecule is COc1ccc(S(=O)(=O)Nc2cccc3c2Nc2ccc(C#N)cc2CN3)cc1. The Morgan fingerprint density at radius 3 is 2.59 bits per heavy atom. The second kappa shape index (κ2) is 7.37. The monoisotopic (exact) mass is 406 g/mol. The van der Waals surface area contributed by atoms with E-state index in [1.807, 2.05) is 18.2 Å². The standard InChI is InChI=1S/C21H18N4O3S/c1-28-16-6-8-17(9-7-16)29(26,27)25-20-4-2-3-19-21(20)24-18-10-5-14(12-22)11-15(18)13-23-19/h2-11,23-25H,13H2,1H3. The summed E-state index contributed by atoms with van der Waals surface area (Å²) in [6.07, 6.45) is 0. The number of methoxy groups -OCH3 is 1. The molecule has 0 fully saturated rings.